The van der Waals surface area contributed by atoms with E-state index in [-0.39, 0.29) is 36.2 Å². The van der Waals surface area contributed by atoms with Gasteiger partial charge in [0.25, 0.3) is 0 Å². The summed E-state index contributed by atoms with van der Waals surface area (Å²) in [6.45, 7) is 1.41. The van der Waals surface area contributed by atoms with Crippen molar-refractivity contribution in [3.63, 3.8) is 0 Å². The van der Waals surface area contributed by atoms with E-state index in [1.807, 2.05) is 24.3 Å². The van der Waals surface area contributed by atoms with Gasteiger partial charge in [-0.05, 0) is 49.9 Å². The van der Waals surface area contributed by atoms with E-state index in [0.29, 0.717) is 6.54 Å². The Hall–Kier alpha value is -1.59. The third-order valence-electron chi connectivity index (χ3n) is 4.76. The second kappa shape index (κ2) is 9.04. The molecule has 132 valence electrons. The highest BCUT2D eigenvalue weighted by Crippen LogP contribution is 2.27. The molecule has 0 bridgehead atoms. The summed E-state index contributed by atoms with van der Waals surface area (Å²) >= 11 is 0. The van der Waals surface area contributed by atoms with Crippen LogP contribution in [-0.2, 0) is 16.1 Å². The van der Waals surface area contributed by atoms with Crippen molar-refractivity contribution in [1.29, 1.82) is 0 Å². The van der Waals surface area contributed by atoms with Gasteiger partial charge in [0.2, 0.25) is 11.8 Å². The third kappa shape index (κ3) is 4.95. The monoisotopic (exact) mass is 351 g/mol. The van der Waals surface area contributed by atoms with Crippen molar-refractivity contribution in [2.75, 3.05) is 11.9 Å². The maximum absolute atomic E-state index is 12.1. The molecule has 0 radical (unpaired) electrons. The molecule has 3 N–H and O–H groups in total. The summed E-state index contributed by atoms with van der Waals surface area (Å²) in [6.07, 6.45) is 6.30. The highest BCUT2D eigenvalue weighted by atomic mass is 35.5. The third-order valence-corrected chi connectivity index (χ3v) is 4.76. The molecule has 6 heteroatoms. The quantitative estimate of drug-likeness (QED) is 0.763. The zero-order valence-electron chi connectivity index (χ0n) is 13.8. The van der Waals surface area contributed by atoms with Crippen molar-refractivity contribution in [2.24, 2.45) is 5.92 Å². The molecule has 1 saturated carbocycles. The van der Waals surface area contributed by atoms with Crippen LogP contribution in [0.2, 0.25) is 0 Å². The Morgan fingerprint density at radius 2 is 1.92 bits per heavy atom. The molecule has 1 aliphatic heterocycles. The number of nitrogens with one attached hydrogen (secondary N) is 3. The lowest BCUT2D eigenvalue weighted by molar-refractivity contribution is -0.124. The fourth-order valence-electron chi connectivity index (χ4n) is 3.06. The van der Waals surface area contributed by atoms with Crippen molar-refractivity contribution in [3.8, 4) is 0 Å². The van der Waals surface area contributed by atoms with Gasteiger partial charge < -0.3 is 16.0 Å². The molecule has 2 aliphatic rings. The lowest BCUT2D eigenvalue weighted by atomic mass is 9.85. The largest absolute Gasteiger partial charge is 0.351 e. The molecule has 1 saturated heterocycles. The standard InChI is InChI=1S/C18H25N3O2.ClH/c22-17(14-6-4-7-14)21-15-8-3-5-13(11-15)12-20-18(23)16-9-1-2-10-19-16;/h3,5,8,11,14,16,19H,1-2,4,6-7,9-10,12H2,(H,20,23)(H,21,22);1H. The van der Waals surface area contributed by atoms with Crippen LogP contribution < -0.4 is 16.0 Å². The van der Waals surface area contributed by atoms with E-state index in [4.69, 9.17) is 0 Å². The van der Waals surface area contributed by atoms with Crippen LogP contribution >= 0.6 is 12.4 Å². The lowest BCUT2D eigenvalue weighted by Gasteiger charge is -2.24. The van der Waals surface area contributed by atoms with Gasteiger partial charge in [0, 0.05) is 18.2 Å². The molecule has 0 spiro atoms. The lowest BCUT2D eigenvalue weighted by Crippen LogP contribution is -2.46. The first kappa shape index (κ1) is 18.7. The number of piperidine rings is 1. The molecule has 1 atom stereocenters. The number of rotatable bonds is 5. The highest BCUT2D eigenvalue weighted by Gasteiger charge is 2.25. The Labute approximate surface area is 149 Å². The molecule has 24 heavy (non-hydrogen) atoms. The van der Waals surface area contributed by atoms with Crippen LogP contribution in [0.3, 0.4) is 0 Å². The van der Waals surface area contributed by atoms with Crippen molar-refractivity contribution in [2.45, 2.75) is 51.1 Å². The molecule has 1 heterocycles. The highest BCUT2D eigenvalue weighted by molar-refractivity contribution is 5.93. The van der Waals surface area contributed by atoms with Crippen LogP contribution in [0.5, 0.6) is 0 Å². The smallest absolute Gasteiger partial charge is 0.237 e. The van der Waals surface area contributed by atoms with Crippen molar-refractivity contribution < 1.29 is 9.59 Å². The Bertz CT molecular complexity index is 569. The molecule has 0 aromatic heterocycles. The second-order valence-electron chi connectivity index (χ2n) is 6.54. The topological polar surface area (TPSA) is 70.2 Å². The van der Waals surface area contributed by atoms with Crippen LogP contribution in [0, 0.1) is 5.92 Å². The number of carbonyl (C=O) groups is 2. The number of halogens is 1. The molecule has 5 nitrogen and oxygen atoms in total. The van der Waals surface area contributed by atoms with Gasteiger partial charge in [-0.15, -0.1) is 12.4 Å². The Balaban J connectivity index is 0.00000208. The number of anilines is 1. The van der Waals surface area contributed by atoms with Gasteiger partial charge in [0.15, 0.2) is 0 Å². The fraction of sp³-hybridized carbons (Fsp3) is 0.556. The Morgan fingerprint density at radius 1 is 1.08 bits per heavy atom. The van der Waals surface area contributed by atoms with Gasteiger partial charge in [-0.2, -0.15) is 0 Å². The maximum Gasteiger partial charge on any atom is 0.237 e. The average Bonchev–Trinajstić information content (AvgIpc) is 2.52. The normalized spacial score (nSPS) is 20.4. The predicted octanol–water partition coefficient (Wildman–Crippen LogP) is 2.61. The summed E-state index contributed by atoms with van der Waals surface area (Å²) in [5.74, 6) is 0.355. The molecule has 3 rings (SSSR count). The van der Waals surface area contributed by atoms with Gasteiger partial charge in [0.1, 0.15) is 0 Å². The van der Waals surface area contributed by atoms with Crippen LogP contribution in [0.15, 0.2) is 24.3 Å². The van der Waals surface area contributed by atoms with E-state index in [0.717, 1.165) is 56.3 Å². The summed E-state index contributed by atoms with van der Waals surface area (Å²) in [4.78, 5) is 24.1. The van der Waals surface area contributed by atoms with Crippen molar-refractivity contribution in [3.05, 3.63) is 29.8 Å². The van der Waals surface area contributed by atoms with E-state index in [2.05, 4.69) is 16.0 Å². The number of carbonyl (C=O) groups excluding carboxylic acids is 2. The average molecular weight is 352 g/mol. The van der Waals surface area contributed by atoms with E-state index < -0.39 is 0 Å². The van der Waals surface area contributed by atoms with Gasteiger partial charge >= 0.3 is 0 Å². The summed E-state index contributed by atoms with van der Waals surface area (Å²) in [7, 11) is 0. The summed E-state index contributed by atoms with van der Waals surface area (Å²) in [5, 5.41) is 9.20. The van der Waals surface area contributed by atoms with Crippen LogP contribution in [0.25, 0.3) is 0 Å². The van der Waals surface area contributed by atoms with Crippen LogP contribution in [0.4, 0.5) is 5.69 Å². The van der Waals surface area contributed by atoms with Crippen LogP contribution in [0.1, 0.15) is 44.1 Å². The molecule has 1 aliphatic carbocycles. The van der Waals surface area contributed by atoms with Crippen molar-refractivity contribution >= 4 is 29.9 Å². The minimum absolute atomic E-state index is 0. The van der Waals surface area contributed by atoms with Gasteiger partial charge in [-0.1, -0.05) is 25.0 Å². The zero-order chi connectivity index (χ0) is 16.1. The second-order valence-corrected chi connectivity index (χ2v) is 6.54. The van der Waals surface area contributed by atoms with E-state index in [9.17, 15) is 9.59 Å². The maximum atomic E-state index is 12.1. The van der Waals surface area contributed by atoms with E-state index in [1.54, 1.807) is 0 Å². The first-order chi connectivity index (χ1) is 11.2. The fourth-order valence-corrected chi connectivity index (χ4v) is 3.06. The van der Waals surface area contributed by atoms with E-state index >= 15 is 0 Å². The number of hydrogen-bond acceptors (Lipinski definition) is 3. The summed E-state index contributed by atoms with van der Waals surface area (Å²) in [5.41, 5.74) is 1.81. The number of hydrogen-bond donors (Lipinski definition) is 3. The zero-order valence-corrected chi connectivity index (χ0v) is 14.7. The van der Waals surface area contributed by atoms with Gasteiger partial charge in [0.05, 0.1) is 6.04 Å². The molecule has 1 aromatic carbocycles. The van der Waals surface area contributed by atoms with E-state index in [1.165, 1.54) is 0 Å². The Morgan fingerprint density at radius 3 is 2.58 bits per heavy atom. The molecule has 2 fully saturated rings. The van der Waals surface area contributed by atoms with Gasteiger partial charge in [-0.3, -0.25) is 9.59 Å². The summed E-state index contributed by atoms with van der Waals surface area (Å²) < 4.78 is 0. The first-order valence-electron chi connectivity index (χ1n) is 8.63. The minimum Gasteiger partial charge on any atom is -0.351 e. The van der Waals surface area contributed by atoms with Gasteiger partial charge in [-0.25, -0.2) is 0 Å². The number of benzene rings is 1. The SMILES string of the molecule is Cl.O=C(Nc1cccc(CNC(=O)C2CCCCN2)c1)C1CCC1. The summed E-state index contributed by atoms with van der Waals surface area (Å²) in [6, 6.07) is 7.64. The molecular formula is C18H26ClN3O2. The molecule has 1 aromatic rings. The van der Waals surface area contributed by atoms with Crippen molar-refractivity contribution in [1.82, 2.24) is 10.6 Å². The predicted molar refractivity (Wildman–Crippen MR) is 97.1 cm³/mol. The number of amides is 2. The first-order valence-corrected chi connectivity index (χ1v) is 8.63. The molecule has 1 unspecified atom stereocenters. The molecule has 2 amide bonds. The van der Waals surface area contributed by atoms with Crippen LogP contribution in [-0.4, -0.2) is 24.4 Å². The Kier molecular flexibility index (Phi) is 7.06. The minimum atomic E-state index is -0.0646. The molecular weight excluding hydrogens is 326 g/mol.